The molecule has 2 aromatic carbocycles. The van der Waals surface area contributed by atoms with Crippen molar-refractivity contribution in [3.05, 3.63) is 76.8 Å². The summed E-state index contributed by atoms with van der Waals surface area (Å²) in [6.07, 6.45) is 4.01. The van der Waals surface area contributed by atoms with Gasteiger partial charge in [0, 0.05) is 30.4 Å². The number of likely N-dealkylation sites (N-methyl/N-ethyl adjacent to an activating group) is 2. The molecule has 2 heterocycles. The van der Waals surface area contributed by atoms with Gasteiger partial charge in [0.2, 0.25) is 0 Å². The van der Waals surface area contributed by atoms with Crippen LogP contribution in [0.1, 0.15) is 26.3 Å². The van der Waals surface area contributed by atoms with Crippen LogP contribution in [0, 0.1) is 0 Å². The second-order valence-electron chi connectivity index (χ2n) is 7.78. The number of nitrogens with zero attached hydrogens (tertiary/aromatic N) is 2. The van der Waals surface area contributed by atoms with Gasteiger partial charge in [-0.15, -0.1) is 0 Å². The number of fused-ring (bicyclic) bond motifs is 1. The molecule has 2 aliphatic rings. The van der Waals surface area contributed by atoms with E-state index in [0.717, 1.165) is 6.54 Å². The number of rotatable bonds is 3. The quantitative estimate of drug-likeness (QED) is 0.467. The average Bonchev–Trinajstić information content (AvgIpc) is 3.10. The van der Waals surface area contributed by atoms with Gasteiger partial charge in [0.25, 0.3) is 5.91 Å². The molecule has 29 heavy (non-hydrogen) atoms. The third-order valence-corrected chi connectivity index (χ3v) is 7.20. The lowest BCUT2D eigenvalue weighted by Crippen LogP contribution is -2.26. The van der Waals surface area contributed by atoms with Crippen LogP contribution in [0.4, 0.5) is 5.69 Å². The molecule has 2 aromatic rings. The van der Waals surface area contributed by atoms with Gasteiger partial charge in [0.1, 0.15) is 4.32 Å². The van der Waals surface area contributed by atoms with Gasteiger partial charge in [-0.1, -0.05) is 74.2 Å². The van der Waals surface area contributed by atoms with E-state index in [1.807, 2.05) is 12.1 Å². The summed E-state index contributed by atoms with van der Waals surface area (Å²) in [5.74, 6) is -0.0282. The zero-order valence-electron chi connectivity index (χ0n) is 17.1. The molecule has 3 nitrogen and oxygen atoms in total. The zero-order valence-corrected chi connectivity index (χ0v) is 18.7. The minimum absolute atomic E-state index is 0.0282. The fourth-order valence-corrected chi connectivity index (χ4v) is 5.16. The van der Waals surface area contributed by atoms with Crippen LogP contribution in [0.2, 0.25) is 0 Å². The molecule has 1 amide bonds. The molecule has 0 bridgehead atoms. The third kappa shape index (κ3) is 3.32. The highest BCUT2D eigenvalue weighted by Crippen LogP contribution is 2.49. The Morgan fingerprint density at radius 2 is 1.79 bits per heavy atom. The van der Waals surface area contributed by atoms with Gasteiger partial charge in [-0.25, -0.2) is 0 Å². The number of benzene rings is 2. The number of carbonyl (C=O) groups excluding carboxylic acids is 1. The van der Waals surface area contributed by atoms with Gasteiger partial charge in [-0.05, 0) is 47.9 Å². The second kappa shape index (κ2) is 7.47. The number of allylic oxidation sites excluding steroid dienone is 3. The van der Waals surface area contributed by atoms with Gasteiger partial charge in [-0.2, -0.15) is 0 Å². The molecule has 4 rings (SSSR count). The van der Waals surface area contributed by atoms with Crippen LogP contribution in [0.5, 0.6) is 0 Å². The van der Waals surface area contributed by atoms with Crippen molar-refractivity contribution in [2.24, 2.45) is 0 Å². The monoisotopic (exact) mass is 420 g/mol. The number of thiocarbonyl (C=S) groups is 1. The maximum atomic E-state index is 12.4. The fraction of sp³-hybridized carbons (Fsp3) is 0.250. The van der Waals surface area contributed by atoms with Crippen LogP contribution in [0.25, 0.3) is 11.1 Å². The van der Waals surface area contributed by atoms with Crippen molar-refractivity contribution in [1.82, 2.24) is 4.90 Å². The Labute approximate surface area is 182 Å². The lowest BCUT2D eigenvalue weighted by Gasteiger charge is -2.25. The van der Waals surface area contributed by atoms with Crippen molar-refractivity contribution >= 4 is 39.9 Å². The molecular formula is C24H24N2OS2. The minimum atomic E-state index is -0.161. The summed E-state index contributed by atoms with van der Waals surface area (Å²) in [5, 5.41) is 0. The van der Waals surface area contributed by atoms with E-state index in [4.69, 9.17) is 12.2 Å². The molecule has 0 aromatic heterocycles. The van der Waals surface area contributed by atoms with E-state index in [0.29, 0.717) is 9.23 Å². The van der Waals surface area contributed by atoms with E-state index in [-0.39, 0.29) is 11.3 Å². The molecule has 1 saturated heterocycles. The van der Waals surface area contributed by atoms with Crippen molar-refractivity contribution in [3.8, 4) is 11.1 Å². The average molecular weight is 421 g/mol. The molecule has 0 spiro atoms. The number of hydrogen-bond acceptors (Lipinski definition) is 4. The summed E-state index contributed by atoms with van der Waals surface area (Å²) in [5.41, 5.74) is 6.02. The number of carbonyl (C=O) groups is 1. The maximum absolute atomic E-state index is 12.4. The van der Waals surface area contributed by atoms with Gasteiger partial charge in [0.05, 0.1) is 4.91 Å². The molecule has 2 aliphatic heterocycles. The van der Waals surface area contributed by atoms with Gasteiger partial charge in [0.15, 0.2) is 0 Å². The highest BCUT2D eigenvalue weighted by Gasteiger charge is 2.39. The van der Waals surface area contributed by atoms with E-state index in [1.54, 1.807) is 7.05 Å². The van der Waals surface area contributed by atoms with Gasteiger partial charge < -0.3 is 4.90 Å². The molecule has 0 aliphatic carbocycles. The van der Waals surface area contributed by atoms with Crippen LogP contribution in [0.3, 0.4) is 0 Å². The van der Waals surface area contributed by atoms with Crippen LogP contribution in [-0.2, 0) is 10.2 Å². The Morgan fingerprint density at radius 1 is 1.07 bits per heavy atom. The number of hydrogen-bond donors (Lipinski definition) is 0. The third-order valence-electron chi connectivity index (χ3n) is 5.69. The first kappa shape index (κ1) is 19.9. The predicted molar refractivity (Wildman–Crippen MR) is 127 cm³/mol. The summed E-state index contributed by atoms with van der Waals surface area (Å²) < 4.78 is 0.605. The fourth-order valence-electron chi connectivity index (χ4n) is 4.04. The lowest BCUT2D eigenvalue weighted by atomic mass is 9.82. The molecule has 0 atom stereocenters. The molecular weight excluding hydrogens is 396 g/mol. The number of amides is 1. The number of thioether (sulfide) groups is 1. The predicted octanol–water partition coefficient (Wildman–Crippen LogP) is 5.73. The maximum Gasteiger partial charge on any atom is 0.265 e. The molecule has 0 radical (unpaired) electrons. The van der Waals surface area contributed by atoms with E-state index in [2.05, 4.69) is 74.2 Å². The normalized spacial score (nSPS) is 20.8. The molecule has 148 valence electrons. The Kier molecular flexibility index (Phi) is 5.13. The second-order valence-corrected chi connectivity index (χ2v) is 9.46. The van der Waals surface area contributed by atoms with Gasteiger partial charge in [-0.3, -0.25) is 9.69 Å². The molecule has 0 unspecified atom stereocenters. The van der Waals surface area contributed by atoms with Crippen molar-refractivity contribution in [2.45, 2.75) is 26.2 Å². The molecule has 5 heteroatoms. The van der Waals surface area contributed by atoms with Crippen molar-refractivity contribution in [3.63, 3.8) is 0 Å². The first-order valence-corrected chi connectivity index (χ1v) is 11.0. The highest BCUT2D eigenvalue weighted by atomic mass is 32.2. The Balaban J connectivity index is 1.76. The SMILES string of the molecule is CCN1C(=CC=C2SC(=S)N(C)C2=O)C(C)(C)c2cc(-c3ccccc3)ccc21. The van der Waals surface area contributed by atoms with E-state index < -0.39 is 0 Å². The van der Waals surface area contributed by atoms with Crippen LogP contribution in [-0.4, -0.2) is 28.7 Å². The first-order valence-electron chi connectivity index (χ1n) is 9.74. The number of anilines is 1. The van der Waals surface area contributed by atoms with Gasteiger partial charge >= 0.3 is 0 Å². The minimum Gasteiger partial charge on any atom is -0.344 e. The topological polar surface area (TPSA) is 23.6 Å². The first-order chi connectivity index (χ1) is 13.8. The van der Waals surface area contributed by atoms with Crippen LogP contribution < -0.4 is 4.90 Å². The Morgan fingerprint density at radius 3 is 2.41 bits per heavy atom. The van der Waals surface area contributed by atoms with Crippen molar-refractivity contribution < 1.29 is 4.79 Å². The summed E-state index contributed by atoms with van der Waals surface area (Å²) >= 11 is 6.61. The zero-order chi connectivity index (χ0) is 20.8. The van der Waals surface area contributed by atoms with E-state index >= 15 is 0 Å². The van der Waals surface area contributed by atoms with Crippen molar-refractivity contribution in [2.75, 3.05) is 18.5 Å². The molecule has 0 N–H and O–H groups in total. The molecule has 0 saturated carbocycles. The summed E-state index contributed by atoms with van der Waals surface area (Å²) in [6, 6.07) is 17.2. The smallest absolute Gasteiger partial charge is 0.265 e. The van der Waals surface area contributed by atoms with Crippen LogP contribution in [0.15, 0.2) is 71.3 Å². The standard InChI is InChI=1S/C24H24N2OS2/c1-5-26-19-12-11-17(16-9-7-6-8-10-16)15-18(19)24(2,3)21(26)14-13-20-22(27)25(4)23(28)29-20/h6-15H,5H2,1-4H3. The summed E-state index contributed by atoms with van der Waals surface area (Å²) in [6.45, 7) is 7.53. The van der Waals surface area contributed by atoms with Crippen LogP contribution >= 0.6 is 24.0 Å². The Bertz CT molecular complexity index is 1050. The summed E-state index contributed by atoms with van der Waals surface area (Å²) in [4.78, 5) is 16.9. The lowest BCUT2D eigenvalue weighted by molar-refractivity contribution is -0.121. The summed E-state index contributed by atoms with van der Waals surface area (Å²) in [7, 11) is 1.73. The van der Waals surface area contributed by atoms with E-state index in [9.17, 15) is 4.79 Å². The Hall–Kier alpha value is -2.37. The largest absolute Gasteiger partial charge is 0.344 e. The molecule has 1 fully saturated rings. The van der Waals surface area contributed by atoms with Crippen molar-refractivity contribution in [1.29, 1.82) is 0 Å². The van der Waals surface area contributed by atoms with E-state index in [1.165, 1.54) is 44.7 Å². The highest BCUT2D eigenvalue weighted by molar-refractivity contribution is 8.26.